The smallest absolute Gasteiger partial charge is 0.191 e. The number of aliphatic imine (C=N–C) groups is 1. The van der Waals surface area contributed by atoms with E-state index in [4.69, 9.17) is 20.9 Å². The van der Waals surface area contributed by atoms with Gasteiger partial charge in [0.25, 0.3) is 0 Å². The largest absolute Gasteiger partial charge is 0.497 e. The van der Waals surface area contributed by atoms with Crippen molar-refractivity contribution >= 4 is 17.6 Å². The fourth-order valence-electron chi connectivity index (χ4n) is 2.70. The molecule has 0 aliphatic carbocycles. The van der Waals surface area contributed by atoms with Crippen LogP contribution in [0.25, 0.3) is 0 Å². The number of benzene rings is 1. The molecule has 26 heavy (non-hydrogen) atoms. The van der Waals surface area contributed by atoms with E-state index >= 15 is 0 Å². The van der Waals surface area contributed by atoms with E-state index in [1.165, 1.54) is 0 Å². The lowest BCUT2D eigenvalue weighted by Crippen LogP contribution is -2.38. The Balaban J connectivity index is 1.88. The summed E-state index contributed by atoms with van der Waals surface area (Å²) in [5, 5.41) is 11.5. The second-order valence-electron chi connectivity index (χ2n) is 5.80. The molecule has 0 saturated heterocycles. The predicted octanol–water partition coefficient (Wildman–Crippen LogP) is 3.37. The summed E-state index contributed by atoms with van der Waals surface area (Å²) in [6.07, 6.45) is 2.46. The highest BCUT2D eigenvalue weighted by Gasteiger charge is 2.13. The Morgan fingerprint density at radius 3 is 2.69 bits per heavy atom. The van der Waals surface area contributed by atoms with E-state index in [0.717, 1.165) is 60.1 Å². The van der Waals surface area contributed by atoms with Crippen LogP contribution < -0.4 is 15.4 Å². The molecule has 7 heteroatoms. The Morgan fingerprint density at radius 2 is 2.08 bits per heavy atom. The molecule has 0 aliphatic heterocycles. The third kappa shape index (κ3) is 5.14. The minimum absolute atomic E-state index is 0.638. The van der Waals surface area contributed by atoms with Gasteiger partial charge in [-0.15, -0.1) is 0 Å². The van der Waals surface area contributed by atoms with Crippen molar-refractivity contribution in [3.63, 3.8) is 0 Å². The third-order valence-electron chi connectivity index (χ3n) is 4.21. The van der Waals surface area contributed by atoms with E-state index < -0.39 is 0 Å². The number of nitrogens with zero attached hydrogens (tertiary/aromatic N) is 2. The lowest BCUT2D eigenvalue weighted by Gasteiger charge is -2.13. The van der Waals surface area contributed by atoms with Crippen molar-refractivity contribution in [3.8, 4) is 5.75 Å². The molecule has 0 atom stereocenters. The normalized spacial score (nSPS) is 11.5. The maximum Gasteiger partial charge on any atom is 0.191 e. The van der Waals surface area contributed by atoms with Crippen molar-refractivity contribution in [3.05, 3.63) is 45.8 Å². The van der Waals surface area contributed by atoms with Crippen molar-refractivity contribution in [2.75, 3.05) is 20.7 Å². The van der Waals surface area contributed by atoms with E-state index in [1.54, 1.807) is 14.2 Å². The van der Waals surface area contributed by atoms with Crippen LogP contribution in [0.4, 0.5) is 0 Å². The SMILES string of the molecule is CCc1noc(CC)c1CNC(=NC)NCCc1ccc(OC)cc1Cl. The molecule has 0 amide bonds. The molecular formula is C19H27ClN4O2. The summed E-state index contributed by atoms with van der Waals surface area (Å²) in [6, 6.07) is 5.73. The van der Waals surface area contributed by atoms with Gasteiger partial charge in [0.05, 0.1) is 12.8 Å². The first-order valence-corrected chi connectivity index (χ1v) is 9.23. The molecule has 0 saturated carbocycles. The van der Waals surface area contributed by atoms with Crippen LogP contribution in [-0.2, 0) is 25.8 Å². The average molecular weight is 379 g/mol. The summed E-state index contributed by atoms with van der Waals surface area (Å²) in [6.45, 7) is 5.50. The Morgan fingerprint density at radius 1 is 1.27 bits per heavy atom. The van der Waals surface area contributed by atoms with Crippen LogP contribution in [0.15, 0.2) is 27.7 Å². The zero-order valence-corrected chi connectivity index (χ0v) is 16.6. The van der Waals surface area contributed by atoms with E-state index in [2.05, 4.69) is 34.6 Å². The van der Waals surface area contributed by atoms with E-state index in [1.807, 2.05) is 18.2 Å². The second kappa shape index (κ2) is 10.1. The molecule has 2 rings (SSSR count). The van der Waals surface area contributed by atoms with Gasteiger partial charge in [0, 0.05) is 37.1 Å². The third-order valence-corrected chi connectivity index (χ3v) is 4.56. The highest BCUT2D eigenvalue weighted by atomic mass is 35.5. The lowest BCUT2D eigenvalue weighted by atomic mass is 10.1. The number of methoxy groups -OCH3 is 1. The van der Waals surface area contributed by atoms with E-state index in [-0.39, 0.29) is 0 Å². The minimum atomic E-state index is 0.638. The zero-order chi connectivity index (χ0) is 18.9. The van der Waals surface area contributed by atoms with Gasteiger partial charge in [-0.3, -0.25) is 4.99 Å². The average Bonchev–Trinajstić information content (AvgIpc) is 3.07. The summed E-state index contributed by atoms with van der Waals surface area (Å²) in [5.41, 5.74) is 3.18. The van der Waals surface area contributed by atoms with Gasteiger partial charge < -0.3 is 19.9 Å². The van der Waals surface area contributed by atoms with Gasteiger partial charge in [-0.2, -0.15) is 0 Å². The zero-order valence-electron chi connectivity index (χ0n) is 15.9. The van der Waals surface area contributed by atoms with E-state index in [9.17, 15) is 0 Å². The van der Waals surface area contributed by atoms with Crippen molar-refractivity contribution in [1.29, 1.82) is 0 Å². The van der Waals surface area contributed by atoms with Crippen molar-refractivity contribution in [1.82, 2.24) is 15.8 Å². The van der Waals surface area contributed by atoms with Gasteiger partial charge in [0.15, 0.2) is 5.96 Å². The number of ether oxygens (including phenoxy) is 1. The molecular weight excluding hydrogens is 352 g/mol. The van der Waals surface area contributed by atoms with Gasteiger partial charge >= 0.3 is 0 Å². The van der Waals surface area contributed by atoms with Crippen molar-refractivity contribution < 1.29 is 9.26 Å². The molecule has 1 heterocycles. The molecule has 1 aromatic carbocycles. The molecule has 6 nitrogen and oxygen atoms in total. The van der Waals surface area contributed by atoms with Crippen LogP contribution in [0.1, 0.15) is 36.4 Å². The number of nitrogens with one attached hydrogen (secondary N) is 2. The predicted molar refractivity (Wildman–Crippen MR) is 105 cm³/mol. The van der Waals surface area contributed by atoms with Gasteiger partial charge in [0.2, 0.25) is 0 Å². The van der Waals surface area contributed by atoms with Gasteiger partial charge in [-0.25, -0.2) is 0 Å². The first-order valence-electron chi connectivity index (χ1n) is 8.86. The summed E-state index contributed by atoms with van der Waals surface area (Å²) in [4.78, 5) is 4.27. The fourth-order valence-corrected chi connectivity index (χ4v) is 2.97. The number of aryl methyl sites for hydroxylation is 2. The first-order chi connectivity index (χ1) is 12.6. The highest BCUT2D eigenvalue weighted by molar-refractivity contribution is 6.31. The highest BCUT2D eigenvalue weighted by Crippen LogP contribution is 2.22. The number of aromatic nitrogens is 1. The van der Waals surface area contributed by atoms with Crippen molar-refractivity contribution in [2.45, 2.75) is 39.7 Å². The number of rotatable bonds is 8. The number of hydrogen-bond acceptors (Lipinski definition) is 4. The number of hydrogen-bond donors (Lipinski definition) is 2. The molecule has 0 radical (unpaired) electrons. The maximum absolute atomic E-state index is 6.28. The van der Waals surface area contributed by atoms with Crippen molar-refractivity contribution in [2.24, 2.45) is 4.99 Å². The van der Waals surface area contributed by atoms with Crippen LogP contribution >= 0.6 is 11.6 Å². The lowest BCUT2D eigenvalue weighted by molar-refractivity contribution is 0.380. The molecule has 0 fully saturated rings. The Kier molecular flexibility index (Phi) is 7.78. The van der Waals surface area contributed by atoms with Gasteiger partial charge in [-0.05, 0) is 30.5 Å². The molecule has 0 unspecified atom stereocenters. The summed E-state index contributed by atoms with van der Waals surface area (Å²) in [5.74, 6) is 2.42. The number of halogens is 1. The second-order valence-corrected chi connectivity index (χ2v) is 6.21. The molecule has 0 spiro atoms. The van der Waals surface area contributed by atoms with Crippen LogP contribution in [0.2, 0.25) is 5.02 Å². The molecule has 0 aliphatic rings. The molecule has 0 bridgehead atoms. The summed E-state index contributed by atoms with van der Waals surface area (Å²) >= 11 is 6.28. The summed E-state index contributed by atoms with van der Waals surface area (Å²) < 4.78 is 10.6. The maximum atomic E-state index is 6.28. The van der Waals surface area contributed by atoms with Crippen LogP contribution in [-0.4, -0.2) is 31.8 Å². The molecule has 2 aromatic rings. The van der Waals surface area contributed by atoms with Crippen LogP contribution in [0.5, 0.6) is 5.75 Å². The van der Waals surface area contributed by atoms with Gasteiger partial charge in [-0.1, -0.05) is 36.7 Å². The van der Waals surface area contributed by atoms with Crippen LogP contribution in [0.3, 0.4) is 0 Å². The Hall–Kier alpha value is -2.21. The van der Waals surface area contributed by atoms with Crippen LogP contribution in [0, 0.1) is 0 Å². The van der Waals surface area contributed by atoms with E-state index in [0.29, 0.717) is 11.6 Å². The Labute approximate surface area is 160 Å². The first kappa shape index (κ1) is 20.1. The quantitative estimate of drug-likeness (QED) is 0.544. The molecule has 2 N–H and O–H groups in total. The summed E-state index contributed by atoms with van der Waals surface area (Å²) in [7, 11) is 3.39. The monoisotopic (exact) mass is 378 g/mol. The molecule has 142 valence electrons. The standard InChI is InChI=1S/C19H27ClN4O2/c1-5-17-15(18(6-2)26-24-17)12-23-19(21-3)22-10-9-13-7-8-14(25-4)11-16(13)20/h7-8,11H,5-6,9-10,12H2,1-4H3,(H2,21,22,23). The fraction of sp³-hybridized carbons (Fsp3) is 0.474. The number of guanidine groups is 1. The topological polar surface area (TPSA) is 71.7 Å². The molecule has 1 aromatic heterocycles. The minimum Gasteiger partial charge on any atom is -0.497 e. The van der Waals surface area contributed by atoms with Gasteiger partial charge in [0.1, 0.15) is 11.5 Å². The Bertz CT molecular complexity index is 722.